The molecule has 4 rings (SSSR count). The number of para-hydroxylation sites is 1. The lowest BCUT2D eigenvalue weighted by atomic mass is 9.65. The number of benzene rings is 2. The minimum atomic E-state index is -0.489. The second-order valence-electron chi connectivity index (χ2n) is 9.31. The summed E-state index contributed by atoms with van der Waals surface area (Å²) in [4.78, 5) is 40.4. The summed E-state index contributed by atoms with van der Waals surface area (Å²) in [5.41, 5.74) is 3.61. The lowest BCUT2D eigenvalue weighted by Gasteiger charge is -2.51. The molecule has 2 aromatic rings. The van der Waals surface area contributed by atoms with Crippen molar-refractivity contribution in [2.24, 2.45) is 0 Å². The van der Waals surface area contributed by atoms with Gasteiger partial charge in [0.2, 0.25) is 17.7 Å². The van der Waals surface area contributed by atoms with Crippen molar-refractivity contribution in [3.05, 3.63) is 65.2 Å². The first kappa shape index (κ1) is 20.3. The van der Waals surface area contributed by atoms with Crippen LogP contribution in [0.4, 0.5) is 5.69 Å². The number of hydrogen-bond donors (Lipinski definition) is 0. The average Bonchev–Trinajstić information content (AvgIpc) is 2.99. The van der Waals surface area contributed by atoms with Gasteiger partial charge in [-0.25, -0.2) is 0 Å². The molecule has 156 valence electrons. The van der Waals surface area contributed by atoms with Gasteiger partial charge in [-0.3, -0.25) is 19.3 Å². The smallest absolute Gasteiger partial charge is 0.247 e. The predicted octanol–water partition coefficient (Wildman–Crippen LogP) is 3.97. The van der Waals surface area contributed by atoms with Crippen LogP contribution in [0.2, 0.25) is 0 Å². The summed E-state index contributed by atoms with van der Waals surface area (Å²) in [6.45, 7) is 8.22. The van der Waals surface area contributed by atoms with Gasteiger partial charge < -0.3 is 4.90 Å². The Kier molecular flexibility index (Phi) is 4.80. The first-order valence-corrected chi connectivity index (χ1v) is 10.5. The van der Waals surface area contributed by atoms with E-state index in [1.54, 1.807) is 4.90 Å². The maximum Gasteiger partial charge on any atom is 0.247 e. The van der Waals surface area contributed by atoms with E-state index in [2.05, 4.69) is 58.0 Å². The van der Waals surface area contributed by atoms with Crippen molar-refractivity contribution in [3.8, 4) is 0 Å². The topological polar surface area (TPSA) is 57.7 Å². The molecule has 2 aliphatic rings. The summed E-state index contributed by atoms with van der Waals surface area (Å²) < 4.78 is 0. The van der Waals surface area contributed by atoms with Crippen LogP contribution in [0.3, 0.4) is 0 Å². The molecule has 1 saturated heterocycles. The van der Waals surface area contributed by atoms with Crippen LogP contribution < -0.4 is 4.90 Å². The second-order valence-corrected chi connectivity index (χ2v) is 9.31. The Labute approximate surface area is 177 Å². The van der Waals surface area contributed by atoms with E-state index in [1.165, 1.54) is 11.1 Å². The van der Waals surface area contributed by atoms with E-state index < -0.39 is 5.54 Å². The largest absolute Gasteiger partial charge is 0.305 e. The van der Waals surface area contributed by atoms with Crippen LogP contribution in [-0.4, -0.2) is 34.7 Å². The minimum absolute atomic E-state index is 0.192. The van der Waals surface area contributed by atoms with E-state index in [-0.39, 0.29) is 42.5 Å². The fourth-order valence-corrected chi connectivity index (χ4v) is 5.16. The maximum atomic E-state index is 13.4. The highest BCUT2D eigenvalue weighted by molar-refractivity contribution is 6.07. The normalized spacial score (nSPS) is 22.9. The average molecular weight is 405 g/mol. The van der Waals surface area contributed by atoms with Crippen molar-refractivity contribution in [3.63, 3.8) is 0 Å². The monoisotopic (exact) mass is 404 g/mol. The van der Waals surface area contributed by atoms with E-state index in [4.69, 9.17) is 0 Å². The molecule has 5 heteroatoms. The first-order valence-electron chi connectivity index (χ1n) is 10.5. The second kappa shape index (κ2) is 7.08. The number of fused-ring (bicyclic) bond motifs is 1. The number of carbonyl (C=O) groups is 3. The molecule has 3 amide bonds. The Morgan fingerprint density at radius 2 is 1.53 bits per heavy atom. The molecule has 0 N–H and O–H groups in total. The number of carbonyl (C=O) groups excluding carboxylic acids is 3. The van der Waals surface area contributed by atoms with Gasteiger partial charge in [-0.15, -0.1) is 0 Å². The molecule has 0 spiro atoms. The lowest BCUT2D eigenvalue weighted by Crippen LogP contribution is -2.58. The van der Waals surface area contributed by atoms with Crippen molar-refractivity contribution >= 4 is 23.4 Å². The summed E-state index contributed by atoms with van der Waals surface area (Å²) in [5.74, 6) is -0.746. The molecule has 0 saturated carbocycles. The van der Waals surface area contributed by atoms with E-state index in [0.717, 1.165) is 22.6 Å². The number of anilines is 1. The number of likely N-dealkylation sites (tertiary alicyclic amines) is 1. The summed E-state index contributed by atoms with van der Waals surface area (Å²) >= 11 is 0. The van der Waals surface area contributed by atoms with Gasteiger partial charge in [0.1, 0.15) is 6.54 Å². The lowest BCUT2D eigenvalue weighted by molar-refractivity contribution is -0.142. The SMILES string of the molecule is Cc1ccc([C@@]2(C)CC(C)(C)N(C(=O)CN3C(=O)CCC3=O)c3ccccc32)cc1. The number of rotatable bonds is 3. The molecule has 0 aromatic heterocycles. The third-order valence-electron chi connectivity index (χ3n) is 6.52. The summed E-state index contributed by atoms with van der Waals surface area (Å²) in [6.07, 6.45) is 1.11. The molecule has 5 nitrogen and oxygen atoms in total. The number of nitrogens with zero attached hydrogens (tertiary/aromatic N) is 2. The molecule has 2 aromatic carbocycles. The van der Waals surface area contributed by atoms with Crippen LogP contribution >= 0.6 is 0 Å². The quantitative estimate of drug-likeness (QED) is 0.728. The Balaban J connectivity index is 1.77. The molecule has 1 atom stereocenters. The third-order valence-corrected chi connectivity index (χ3v) is 6.52. The zero-order chi connectivity index (χ0) is 21.7. The Bertz CT molecular complexity index is 1010. The predicted molar refractivity (Wildman–Crippen MR) is 116 cm³/mol. The van der Waals surface area contributed by atoms with Crippen LogP contribution in [0.5, 0.6) is 0 Å². The Morgan fingerprint density at radius 1 is 0.933 bits per heavy atom. The fourth-order valence-electron chi connectivity index (χ4n) is 5.16. The van der Waals surface area contributed by atoms with Crippen molar-refractivity contribution in [1.82, 2.24) is 4.90 Å². The number of imide groups is 1. The zero-order valence-corrected chi connectivity index (χ0v) is 18.1. The Hall–Kier alpha value is -2.95. The van der Waals surface area contributed by atoms with Gasteiger partial charge in [0.15, 0.2) is 0 Å². The van der Waals surface area contributed by atoms with E-state index in [0.29, 0.717) is 0 Å². The highest BCUT2D eigenvalue weighted by Gasteiger charge is 2.48. The molecule has 0 bridgehead atoms. The van der Waals surface area contributed by atoms with Crippen molar-refractivity contribution < 1.29 is 14.4 Å². The van der Waals surface area contributed by atoms with Crippen LogP contribution in [0, 0.1) is 6.92 Å². The highest BCUT2D eigenvalue weighted by atomic mass is 16.2. The van der Waals surface area contributed by atoms with Crippen LogP contribution in [-0.2, 0) is 19.8 Å². The number of amides is 3. The van der Waals surface area contributed by atoms with Crippen molar-refractivity contribution in [2.75, 3.05) is 11.4 Å². The third kappa shape index (κ3) is 3.22. The van der Waals surface area contributed by atoms with E-state index in [9.17, 15) is 14.4 Å². The Morgan fingerprint density at radius 3 is 2.17 bits per heavy atom. The van der Waals surface area contributed by atoms with Gasteiger partial charge in [0.05, 0.1) is 0 Å². The van der Waals surface area contributed by atoms with Crippen LogP contribution in [0.1, 0.15) is 56.7 Å². The maximum absolute atomic E-state index is 13.4. The van der Waals surface area contributed by atoms with Crippen molar-refractivity contribution in [2.45, 2.75) is 57.9 Å². The number of aryl methyl sites for hydroxylation is 1. The van der Waals surface area contributed by atoms with Gasteiger partial charge in [-0.1, -0.05) is 55.0 Å². The molecule has 0 unspecified atom stereocenters. The van der Waals surface area contributed by atoms with Gasteiger partial charge >= 0.3 is 0 Å². The van der Waals surface area contributed by atoms with Gasteiger partial charge in [0, 0.05) is 29.5 Å². The van der Waals surface area contributed by atoms with Gasteiger partial charge in [0.25, 0.3) is 0 Å². The minimum Gasteiger partial charge on any atom is -0.305 e. The molecule has 30 heavy (non-hydrogen) atoms. The van der Waals surface area contributed by atoms with Crippen LogP contribution in [0.25, 0.3) is 0 Å². The molecule has 1 fully saturated rings. The summed E-state index contributed by atoms with van der Waals surface area (Å²) in [5, 5.41) is 0. The van der Waals surface area contributed by atoms with E-state index >= 15 is 0 Å². The van der Waals surface area contributed by atoms with Gasteiger partial charge in [-0.05, 0) is 44.4 Å². The standard InChI is InChI=1S/C25H28N2O3/c1-17-9-11-18(12-10-17)25(4)16-24(2,3)27(20-8-6-5-7-19(20)25)23(30)15-26-21(28)13-14-22(26)29/h5-12H,13-16H2,1-4H3/t25-/m1/s1. The van der Waals surface area contributed by atoms with E-state index in [1.807, 2.05) is 18.2 Å². The summed E-state index contributed by atoms with van der Waals surface area (Å²) in [6, 6.07) is 16.6. The molecule has 0 aliphatic carbocycles. The highest BCUT2D eigenvalue weighted by Crippen LogP contribution is 2.50. The molecular formula is C25H28N2O3. The van der Waals surface area contributed by atoms with Crippen LogP contribution in [0.15, 0.2) is 48.5 Å². The summed E-state index contributed by atoms with van der Waals surface area (Å²) in [7, 11) is 0. The molecular weight excluding hydrogens is 376 g/mol. The number of hydrogen-bond acceptors (Lipinski definition) is 3. The fraction of sp³-hybridized carbons (Fsp3) is 0.400. The van der Waals surface area contributed by atoms with Crippen molar-refractivity contribution in [1.29, 1.82) is 0 Å². The molecule has 2 aliphatic heterocycles. The van der Waals surface area contributed by atoms with Gasteiger partial charge in [-0.2, -0.15) is 0 Å². The molecule has 0 radical (unpaired) electrons. The first-order chi connectivity index (χ1) is 14.1. The molecule has 2 heterocycles. The zero-order valence-electron chi connectivity index (χ0n) is 18.1.